The third-order valence-electron chi connectivity index (χ3n) is 2.75. The lowest BCUT2D eigenvalue weighted by Gasteiger charge is -2.13. The maximum Gasteiger partial charge on any atom is 0.130 e. The lowest BCUT2D eigenvalue weighted by atomic mass is 10.3. The van der Waals surface area contributed by atoms with Crippen LogP contribution in [0.15, 0.2) is 11.1 Å². The molecule has 5 heteroatoms. The van der Waals surface area contributed by atoms with Gasteiger partial charge in [0.05, 0.1) is 6.10 Å². The summed E-state index contributed by atoms with van der Waals surface area (Å²) in [6, 6.07) is 2.02. The smallest absolute Gasteiger partial charge is 0.130 e. The SMILES string of the molecule is CCNc1cc(SC2CCOC2C)nc(C)n1. The van der Waals surface area contributed by atoms with Gasteiger partial charge in [-0.1, -0.05) is 0 Å². The van der Waals surface area contributed by atoms with Crippen LogP contribution in [-0.2, 0) is 4.74 Å². The van der Waals surface area contributed by atoms with Crippen molar-refractivity contribution < 1.29 is 4.74 Å². The van der Waals surface area contributed by atoms with Crippen LogP contribution in [0.3, 0.4) is 0 Å². The van der Waals surface area contributed by atoms with E-state index in [-0.39, 0.29) is 0 Å². The topological polar surface area (TPSA) is 47.0 Å². The van der Waals surface area contributed by atoms with E-state index < -0.39 is 0 Å². The van der Waals surface area contributed by atoms with Gasteiger partial charge in [-0.3, -0.25) is 0 Å². The summed E-state index contributed by atoms with van der Waals surface area (Å²) < 4.78 is 5.57. The number of aromatic nitrogens is 2. The third kappa shape index (κ3) is 3.33. The van der Waals surface area contributed by atoms with E-state index in [0.29, 0.717) is 11.4 Å². The van der Waals surface area contributed by atoms with Crippen molar-refractivity contribution in [2.75, 3.05) is 18.5 Å². The number of hydrogen-bond acceptors (Lipinski definition) is 5. The maximum atomic E-state index is 5.57. The molecule has 2 unspecified atom stereocenters. The molecule has 1 aromatic heterocycles. The van der Waals surface area contributed by atoms with Crippen LogP contribution in [0.2, 0.25) is 0 Å². The first-order chi connectivity index (χ1) is 8.19. The second-order valence-electron chi connectivity index (χ2n) is 4.19. The molecule has 0 bridgehead atoms. The van der Waals surface area contributed by atoms with Crippen molar-refractivity contribution in [2.45, 2.75) is 43.6 Å². The van der Waals surface area contributed by atoms with E-state index in [0.717, 1.165) is 36.2 Å². The van der Waals surface area contributed by atoms with Gasteiger partial charge in [0.15, 0.2) is 0 Å². The molecule has 2 heterocycles. The van der Waals surface area contributed by atoms with Crippen LogP contribution in [0.5, 0.6) is 0 Å². The zero-order chi connectivity index (χ0) is 12.3. The van der Waals surface area contributed by atoms with E-state index in [2.05, 4.69) is 29.1 Å². The van der Waals surface area contributed by atoms with Crippen molar-refractivity contribution in [1.29, 1.82) is 0 Å². The first kappa shape index (κ1) is 12.6. The predicted molar refractivity (Wildman–Crippen MR) is 70.6 cm³/mol. The van der Waals surface area contributed by atoms with Crippen LogP contribution in [-0.4, -0.2) is 34.5 Å². The standard InChI is InChI=1S/C12H19N3OS/c1-4-13-11-7-12(15-9(3)14-11)17-10-5-6-16-8(10)2/h7-8,10H,4-6H2,1-3H3,(H,13,14,15). The third-order valence-corrected chi connectivity index (χ3v) is 4.12. The van der Waals surface area contributed by atoms with Crippen molar-refractivity contribution in [2.24, 2.45) is 0 Å². The molecule has 1 N–H and O–H groups in total. The molecule has 1 fully saturated rings. The minimum absolute atomic E-state index is 0.317. The van der Waals surface area contributed by atoms with Gasteiger partial charge in [-0.25, -0.2) is 9.97 Å². The molecule has 0 saturated carbocycles. The molecule has 1 saturated heterocycles. The molecule has 4 nitrogen and oxygen atoms in total. The Morgan fingerprint density at radius 1 is 1.53 bits per heavy atom. The molecule has 94 valence electrons. The van der Waals surface area contributed by atoms with Gasteiger partial charge in [-0.2, -0.15) is 0 Å². The Morgan fingerprint density at radius 2 is 2.35 bits per heavy atom. The molecule has 0 aliphatic carbocycles. The summed E-state index contributed by atoms with van der Waals surface area (Å²) in [5, 5.41) is 4.78. The van der Waals surface area contributed by atoms with Crippen LogP contribution >= 0.6 is 11.8 Å². The fourth-order valence-corrected chi connectivity index (χ4v) is 3.05. The van der Waals surface area contributed by atoms with Gasteiger partial charge in [0, 0.05) is 24.5 Å². The Bertz CT molecular complexity index is 386. The highest BCUT2D eigenvalue weighted by Gasteiger charge is 2.25. The fourth-order valence-electron chi connectivity index (χ4n) is 1.89. The molecule has 0 amide bonds. The first-order valence-electron chi connectivity index (χ1n) is 6.07. The van der Waals surface area contributed by atoms with Crippen LogP contribution in [0.25, 0.3) is 0 Å². The van der Waals surface area contributed by atoms with Crippen LogP contribution in [0.1, 0.15) is 26.1 Å². The van der Waals surface area contributed by atoms with E-state index in [9.17, 15) is 0 Å². The van der Waals surface area contributed by atoms with Crippen molar-refractivity contribution in [3.63, 3.8) is 0 Å². The molecular formula is C12H19N3OS. The van der Waals surface area contributed by atoms with Gasteiger partial charge in [-0.05, 0) is 27.2 Å². The molecule has 0 aromatic carbocycles. The molecule has 0 spiro atoms. The first-order valence-corrected chi connectivity index (χ1v) is 6.95. The summed E-state index contributed by atoms with van der Waals surface area (Å²) >= 11 is 1.80. The zero-order valence-corrected chi connectivity index (χ0v) is 11.4. The average Bonchev–Trinajstić information content (AvgIpc) is 2.64. The summed E-state index contributed by atoms with van der Waals surface area (Å²) in [7, 11) is 0. The minimum atomic E-state index is 0.317. The Kier molecular flexibility index (Phi) is 4.23. The van der Waals surface area contributed by atoms with Crippen molar-refractivity contribution in [3.8, 4) is 0 Å². The molecule has 0 radical (unpaired) electrons. The number of nitrogens with zero attached hydrogens (tertiary/aromatic N) is 2. The molecule has 1 aliphatic rings. The van der Waals surface area contributed by atoms with Crippen molar-refractivity contribution >= 4 is 17.6 Å². The average molecular weight is 253 g/mol. The van der Waals surface area contributed by atoms with E-state index in [1.165, 1.54) is 0 Å². The van der Waals surface area contributed by atoms with Crippen LogP contribution < -0.4 is 5.32 Å². The largest absolute Gasteiger partial charge is 0.377 e. The minimum Gasteiger partial charge on any atom is -0.377 e. The Morgan fingerprint density at radius 3 is 3.00 bits per heavy atom. The summed E-state index contributed by atoms with van der Waals surface area (Å²) in [5.41, 5.74) is 0. The lowest BCUT2D eigenvalue weighted by molar-refractivity contribution is 0.127. The number of aryl methyl sites for hydroxylation is 1. The summed E-state index contributed by atoms with van der Waals surface area (Å²) in [6.45, 7) is 7.87. The van der Waals surface area contributed by atoms with Gasteiger partial charge in [0.1, 0.15) is 16.7 Å². The lowest BCUT2D eigenvalue weighted by Crippen LogP contribution is -2.13. The highest BCUT2D eigenvalue weighted by atomic mass is 32.2. The van der Waals surface area contributed by atoms with E-state index >= 15 is 0 Å². The van der Waals surface area contributed by atoms with Gasteiger partial charge in [0.25, 0.3) is 0 Å². The number of rotatable bonds is 4. The molecule has 2 rings (SSSR count). The highest BCUT2D eigenvalue weighted by molar-refractivity contribution is 7.99. The number of nitrogens with one attached hydrogen (secondary N) is 1. The van der Waals surface area contributed by atoms with Gasteiger partial charge in [0.2, 0.25) is 0 Å². The highest BCUT2D eigenvalue weighted by Crippen LogP contribution is 2.32. The summed E-state index contributed by atoms with van der Waals surface area (Å²) in [6.07, 6.45) is 1.42. The quantitative estimate of drug-likeness (QED) is 0.835. The number of ether oxygens (including phenoxy) is 1. The Balaban J connectivity index is 2.09. The van der Waals surface area contributed by atoms with Crippen molar-refractivity contribution in [1.82, 2.24) is 9.97 Å². The zero-order valence-electron chi connectivity index (χ0n) is 10.6. The molecule has 1 aromatic rings. The predicted octanol–water partition coefficient (Wildman–Crippen LogP) is 2.49. The number of anilines is 1. The summed E-state index contributed by atoms with van der Waals surface area (Å²) in [5.74, 6) is 1.73. The monoisotopic (exact) mass is 253 g/mol. The van der Waals surface area contributed by atoms with Gasteiger partial charge < -0.3 is 10.1 Å². The second-order valence-corrected chi connectivity index (χ2v) is 5.45. The molecule has 2 atom stereocenters. The normalized spacial score (nSPS) is 23.9. The molecular weight excluding hydrogens is 234 g/mol. The number of hydrogen-bond donors (Lipinski definition) is 1. The number of thioether (sulfide) groups is 1. The van der Waals surface area contributed by atoms with Crippen LogP contribution in [0, 0.1) is 6.92 Å². The molecule has 1 aliphatic heterocycles. The Labute approximate surface area is 107 Å². The van der Waals surface area contributed by atoms with E-state index in [1.807, 2.05) is 13.0 Å². The maximum absolute atomic E-state index is 5.57. The fraction of sp³-hybridized carbons (Fsp3) is 0.667. The van der Waals surface area contributed by atoms with E-state index in [1.54, 1.807) is 11.8 Å². The van der Waals surface area contributed by atoms with Gasteiger partial charge in [-0.15, -0.1) is 11.8 Å². The summed E-state index contributed by atoms with van der Waals surface area (Å²) in [4.78, 5) is 8.82. The second kappa shape index (κ2) is 5.69. The molecule has 17 heavy (non-hydrogen) atoms. The van der Waals surface area contributed by atoms with E-state index in [4.69, 9.17) is 4.74 Å². The van der Waals surface area contributed by atoms with Crippen LogP contribution in [0.4, 0.5) is 5.82 Å². The van der Waals surface area contributed by atoms with Gasteiger partial charge >= 0.3 is 0 Å². The Hall–Kier alpha value is -0.810. The van der Waals surface area contributed by atoms with Crippen molar-refractivity contribution in [3.05, 3.63) is 11.9 Å².